The fourth-order valence-electron chi connectivity index (χ4n) is 4.66. The van der Waals surface area contributed by atoms with Crippen LogP contribution < -0.4 is 10.6 Å². The summed E-state index contributed by atoms with van der Waals surface area (Å²) in [6.45, 7) is 3.53. The number of hydrogen-bond acceptors (Lipinski definition) is 5. The summed E-state index contributed by atoms with van der Waals surface area (Å²) in [6, 6.07) is 20.4. The first-order valence-corrected chi connectivity index (χ1v) is 10.2. The van der Waals surface area contributed by atoms with Crippen LogP contribution in [-0.2, 0) is 4.79 Å². The molecule has 2 aliphatic rings. The Labute approximate surface area is 167 Å². The van der Waals surface area contributed by atoms with E-state index < -0.39 is 0 Å². The van der Waals surface area contributed by atoms with Crippen LogP contribution in [0.3, 0.4) is 0 Å². The summed E-state index contributed by atoms with van der Waals surface area (Å²) in [7, 11) is 4.15. The van der Waals surface area contributed by atoms with Crippen LogP contribution >= 0.6 is 0 Å². The number of carbonyl (C=O) groups excluding carboxylic acids is 1. The number of nitrogens with zero attached hydrogens (tertiary/aromatic N) is 2. The number of rotatable bonds is 4. The predicted molar refractivity (Wildman–Crippen MR) is 112 cm³/mol. The van der Waals surface area contributed by atoms with E-state index in [0.29, 0.717) is 0 Å². The van der Waals surface area contributed by atoms with Gasteiger partial charge in [-0.1, -0.05) is 60.7 Å². The van der Waals surface area contributed by atoms with Gasteiger partial charge < -0.3 is 10.6 Å². The van der Waals surface area contributed by atoms with Crippen LogP contribution in [0.1, 0.15) is 23.2 Å². The highest BCUT2D eigenvalue weighted by atomic mass is 16.1. The van der Waals surface area contributed by atoms with Crippen LogP contribution in [0.4, 0.5) is 0 Å². The van der Waals surface area contributed by atoms with E-state index in [1.165, 1.54) is 11.1 Å². The lowest BCUT2D eigenvalue weighted by Gasteiger charge is -2.45. The summed E-state index contributed by atoms with van der Waals surface area (Å²) in [5.41, 5.74) is 2.35. The quantitative estimate of drug-likeness (QED) is 0.850. The molecule has 4 unspecified atom stereocenters. The second kappa shape index (κ2) is 8.53. The van der Waals surface area contributed by atoms with Crippen molar-refractivity contribution in [3.8, 4) is 0 Å². The van der Waals surface area contributed by atoms with Gasteiger partial charge in [-0.05, 0) is 25.2 Å². The SMILES string of the molecule is CN1CCNC(c2ccccc2)C1C(=O)C1C(c2ccccc2)NCCN1C. The molecule has 148 valence electrons. The first-order valence-electron chi connectivity index (χ1n) is 10.2. The Hall–Kier alpha value is -2.05. The first-order chi connectivity index (χ1) is 13.7. The van der Waals surface area contributed by atoms with Gasteiger partial charge in [0.15, 0.2) is 5.78 Å². The monoisotopic (exact) mass is 378 g/mol. The third-order valence-corrected chi connectivity index (χ3v) is 6.14. The average molecular weight is 379 g/mol. The fourth-order valence-corrected chi connectivity index (χ4v) is 4.66. The summed E-state index contributed by atoms with van der Waals surface area (Å²) in [5, 5.41) is 7.21. The fraction of sp³-hybridized carbons (Fsp3) is 0.435. The van der Waals surface area contributed by atoms with Crippen molar-refractivity contribution < 1.29 is 4.79 Å². The van der Waals surface area contributed by atoms with Crippen molar-refractivity contribution in [2.75, 3.05) is 40.3 Å². The zero-order chi connectivity index (χ0) is 19.5. The van der Waals surface area contributed by atoms with Crippen molar-refractivity contribution in [1.29, 1.82) is 0 Å². The third kappa shape index (κ3) is 3.76. The lowest BCUT2D eigenvalue weighted by atomic mass is 9.84. The van der Waals surface area contributed by atoms with Crippen LogP contribution in [0.2, 0.25) is 0 Å². The van der Waals surface area contributed by atoms with Crippen molar-refractivity contribution in [2.24, 2.45) is 0 Å². The van der Waals surface area contributed by atoms with Gasteiger partial charge in [-0.3, -0.25) is 14.6 Å². The molecular formula is C23H30N4O. The second-order valence-electron chi connectivity index (χ2n) is 7.94. The van der Waals surface area contributed by atoms with Crippen LogP contribution in [0.15, 0.2) is 60.7 Å². The lowest BCUT2D eigenvalue weighted by molar-refractivity contribution is -0.133. The molecule has 2 N–H and O–H groups in total. The normalized spacial score (nSPS) is 29.5. The molecule has 2 fully saturated rings. The van der Waals surface area contributed by atoms with Gasteiger partial charge in [-0.15, -0.1) is 0 Å². The second-order valence-corrected chi connectivity index (χ2v) is 7.94. The maximum absolute atomic E-state index is 14.0. The van der Waals surface area contributed by atoms with Gasteiger partial charge >= 0.3 is 0 Å². The molecule has 0 spiro atoms. The minimum Gasteiger partial charge on any atom is -0.307 e. The number of ketones is 1. The summed E-state index contributed by atoms with van der Waals surface area (Å²) in [6.07, 6.45) is 0. The average Bonchev–Trinajstić information content (AvgIpc) is 2.74. The highest BCUT2D eigenvalue weighted by molar-refractivity contribution is 5.91. The number of likely N-dealkylation sites (N-methyl/N-ethyl adjacent to an activating group) is 2. The molecule has 2 aromatic carbocycles. The summed E-state index contributed by atoms with van der Waals surface area (Å²) in [4.78, 5) is 18.4. The highest BCUT2D eigenvalue weighted by Gasteiger charge is 2.44. The standard InChI is InChI=1S/C23H30N4O/c1-26-15-13-24-19(17-9-5-3-6-10-17)21(26)23(28)22-20(25-14-16-27(22)2)18-11-7-4-8-12-18/h3-12,19-22,24-25H,13-16H2,1-2H3. The molecule has 0 saturated carbocycles. The van der Waals surface area contributed by atoms with Crippen LogP contribution in [-0.4, -0.2) is 67.9 Å². The predicted octanol–water partition coefficient (Wildman–Crippen LogP) is 1.85. The van der Waals surface area contributed by atoms with Crippen molar-refractivity contribution in [3.63, 3.8) is 0 Å². The van der Waals surface area contributed by atoms with E-state index in [-0.39, 0.29) is 30.0 Å². The number of benzene rings is 2. The smallest absolute Gasteiger partial charge is 0.170 e. The molecule has 4 atom stereocenters. The van der Waals surface area contributed by atoms with E-state index in [1.807, 2.05) is 36.4 Å². The maximum atomic E-state index is 14.0. The molecule has 2 saturated heterocycles. The van der Waals surface area contributed by atoms with Crippen molar-refractivity contribution in [1.82, 2.24) is 20.4 Å². The van der Waals surface area contributed by atoms with E-state index in [2.05, 4.69) is 58.8 Å². The Balaban J connectivity index is 1.67. The molecule has 0 aliphatic carbocycles. The Morgan fingerprint density at radius 3 is 1.54 bits per heavy atom. The van der Waals surface area contributed by atoms with Gasteiger partial charge in [0, 0.05) is 26.2 Å². The van der Waals surface area contributed by atoms with E-state index >= 15 is 0 Å². The Kier molecular flexibility index (Phi) is 5.87. The zero-order valence-electron chi connectivity index (χ0n) is 16.7. The summed E-state index contributed by atoms with van der Waals surface area (Å²) in [5.74, 6) is 0.284. The molecule has 5 heteroatoms. The van der Waals surface area contributed by atoms with Gasteiger partial charge in [-0.25, -0.2) is 0 Å². The molecule has 2 heterocycles. The largest absolute Gasteiger partial charge is 0.307 e. The van der Waals surface area contributed by atoms with Crippen molar-refractivity contribution in [2.45, 2.75) is 24.2 Å². The topological polar surface area (TPSA) is 47.6 Å². The third-order valence-electron chi connectivity index (χ3n) is 6.14. The number of piperazine rings is 2. The van der Waals surface area contributed by atoms with Gasteiger partial charge in [0.05, 0.1) is 24.2 Å². The van der Waals surface area contributed by atoms with Gasteiger partial charge in [0.2, 0.25) is 0 Å². The minimum atomic E-state index is -0.185. The molecule has 2 aliphatic heterocycles. The molecule has 0 bridgehead atoms. The molecular weight excluding hydrogens is 348 g/mol. The van der Waals surface area contributed by atoms with E-state index in [0.717, 1.165) is 26.2 Å². The molecule has 2 aromatic rings. The van der Waals surface area contributed by atoms with Crippen LogP contribution in [0.25, 0.3) is 0 Å². The number of carbonyl (C=O) groups is 1. The van der Waals surface area contributed by atoms with Crippen LogP contribution in [0, 0.1) is 0 Å². The molecule has 0 radical (unpaired) electrons. The van der Waals surface area contributed by atoms with E-state index in [4.69, 9.17) is 0 Å². The molecule has 4 rings (SSSR count). The van der Waals surface area contributed by atoms with Crippen molar-refractivity contribution in [3.05, 3.63) is 71.8 Å². The molecule has 0 amide bonds. The summed E-state index contributed by atoms with van der Waals surface area (Å²) >= 11 is 0. The molecule has 28 heavy (non-hydrogen) atoms. The Morgan fingerprint density at radius 1 is 0.750 bits per heavy atom. The lowest BCUT2D eigenvalue weighted by Crippen LogP contribution is -2.63. The number of Topliss-reactive ketones (excluding diaryl/α,β-unsaturated/α-hetero) is 1. The molecule has 5 nitrogen and oxygen atoms in total. The van der Waals surface area contributed by atoms with Gasteiger partial charge in [-0.2, -0.15) is 0 Å². The minimum absolute atomic E-state index is 0.0131. The highest BCUT2D eigenvalue weighted by Crippen LogP contribution is 2.30. The van der Waals surface area contributed by atoms with Gasteiger partial charge in [0.1, 0.15) is 0 Å². The summed E-state index contributed by atoms with van der Waals surface area (Å²) < 4.78 is 0. The van der Waals surface area contributed by atoms with Gasteiger partial charge in [0.25, 0.3) is 0 Å². The number of hydrogen-bond donors (Lipinski definition) is 2. The first kappa shape index (κ1) is 19.3. The van der Waals surface area contributed by atoms with Crippen molar-refractivity contribution >= 4 is 5.78 Å². The van der Waals surface area contributed by atoms with Crippen LogP contribution in [0.5, 0.6) is 0 Å². The molecule has 0 aromatic heterocycles. The maximum Gasteiger partial charge on any atom is 0.170 e. The Bertz CT molecular complexity index is 716. The Morgan fingerprint density at radius 2 is 1.14 bits per heavy atom. The van der Waals surface area contributed by atoms with E-state index in [1.54, 1.807) is 0 Å². The number of nitrogens with one attached hydrogen (secondary N) is 2. The van der Waals surface area contributed by atoms with E-state index in [9.17, 15) is 4.79 Å². The zero-order valence-corrected chi connectivity index (χ0v) is 16.7.